The second-order valence-corrected chi connectivity index (χ2v) is 5.26. The Balaban J connectivity index is 1.81. The molecule has 5 heteroatoms. The van der Waals surface area contributed by atoms with Gasteiger partial charge in [0, 0.05) is 25.6 Å². The van der Waals surface area contributed by atoms with E-state index >= 15 is 0 Å². The van der Waals surface area contributed by atoms with Crippen molar-refractivity contribution in [2.45, 2.75) is 51.0 Å². The highest BCUT2D eigenvalue weighted by Crippen LogP contribution is 2.10. The average Bonchev–Trinajstić information content (AvgIpc) is 2.65. The molecule has 0 aromatic rings. The fourth-order valence-electron chi connectivity index (χ4n) is 2.62. The lowest BCUT2D eigenvalue weighted by molar-refractivity contribution is -0.123. The number of rotatable bonds is 2. The highest BCUT2D eigenvalue weighted by atomic mass is 16.1. The third-order valence-corrected chi connectivity index (χ3v) is 3.73. The molecule has 0 aliphatic carbocycles. The number of hydrogen-bond donors (Lipinski definition) is 2. The van der Waals surface area contributed by atoms with Crippen LogP contribution in [0.3, 0.4) is 0 Å². The molecule has 2 fully saturated rings. The molecule has 1 amide bonds. The molecule has 0 spiro atoms. The zero-order valence-corrected chi connectivity index (χ0v) is 11.0. The van der Waals surface area contributed by atoms with Crippen LogP contribution in [-0.2, 0) is 4.79 Å². The van der Waals surface area contributed by atoms with Crippen LogP contribution in [0.2, 0.25) is 0 Å². The molecule has 0 aromatic heterocycles. The van der Waals surface area contributed by atoms with E-state index in [0.717, 1.165) is 25.9 Å². The summed E-state index contributed by atoms with van der Waals surface area (Å²) in [7, 11) is 0. The Labute approximate surface area is 109 Å². The van der Waals surface area contributed by atoms with Crippen molar-refractivity contribution in [3.05, 3.63) is 0 Å². The number of carbonyl (C=O) groups excluding carboxylic acids is 1. The molecule has 0 saturated carbocycles. The maximum absolute atomic E-state index is 11.3. The topological polar surface area (TPSA) is 70.7 Å². The molecular formula is C13H24N4O. The van der Waals surface area contributed by atoms with Gasteiger partial charge in [0.25, 0.3) is 0 Å². The smallest absolute Gasteiger partial charge is 0.220 e. The predicted molar refractivity (Wildman–Crippen MR) is 72.3 cm³/mol. The molecule has 0 radical (unpaired) electrons. The van der Waals surface area contributed by atoms with Gasteiger partial charge in [-0.25, -0.2) is 0 Å². The summed E-state index contributed by atoms with van der Waals surface area (Å²) in [6, 6.07) is 0.178. The highest BCUT2D eigenvalue weighted by Gasteiger charge is 2.18. The van der Waals surface area contributed by atoms with Crippen LogP contribution in [0, 0.1) is 0 Å². The van der Waals surface area contributed by atoms with Crippen LogP contribution < -0.4 is 11.1 Å². The molecule has 2 heterocycles. The summed E-state index contributed by atoms with van der Waals surface area (Å²) in [5.74, 6) is 0.798. The van der Waals surface area contributed by atoms with Gasteiger partial charge >= 0.3 is 0 Å². The number of aliphatic imine (C=N–C) groups is 1. The number of guanidine groups is 1. The Hall–Kier alpha value is -1.26. The van der Waals surface area contributed by atoms with Gasteiger partial charge in [-0.3, -0.25) is 9.79 Å². The lowest BCUT2D eigenvalue weighted by Crippen LogP contribution is -2.43. The first-order valence-electron chi connectivity index (χ1n) is 7.10. The van der Waals surface area contributed by atoms with Crippen molar-refractivity contribution in [3.8, 4) is 0 Å². The minimum Gasteiger partial charge on any atom is -0.370 e. The van der Waals surface area contributed by atoms with Crippen molar-refractivity contribution < 1.29 is 4.79 Å². The minimum absolute atomic E-state index is 0.148. The molecule has 2 aliphatic rings. The van der Waals surface area contributed by atoms with Crippen molar-refractivity contribution >= 4 is 11.9 Å². The van der Waals surface area contributed by atoms with Crippen molar-refractivity contribution in [1.29, 1.82) is 0 Å². The molecular weight excluding hydrogens is 228 g/mol. The van der Waals surface area contributed by atoms with Gasteiger partial charge in [0.1, 0.15) is 0 Å². The first kappa shape index (κ1) is 13.2. The summed E-state index contributed by atoms with van der Waals surface area (Å²) < 4.78 is 0. The van der Waals surface area contributed by atoms with Crippen LogP contribution in [0.1, 0.15) is 44.9 Å². The van der Waals surface area contributed by atoms with Gasteiger partial charge in [-0.1, -0.05) is 12.8 Å². The molecule has 1 unspecified atom stereocenters. The predicted octanol–water partition coefficient (Wildman–Crippen LogP) is 0.846. The van der Waals surface area contributed by atoms with Gasteiger partial charge in [0.05, 0.1) is 6.54 Å². The Morgan fingerprint density at radius 3 is 2.67 bits per heavy atom. The molecule has 2 aliphatic heterocycles. The fraction of sp³-hybridized carbons (Fsp3) is 0.846. The van der Waals surface area contributed by atoms with Gasteiger partial charge in [0.15, 0.2) is 5.96 Å². The molecule has 5 nitrogen and oxygen atoms in total. The molecule has 2 rings (SSSR count). The fourth-order valence-corrected chi connectivity index (χ4v) is 2.62. The van der Waals surface area contributed by atoms with E-state index in [0.29, 0.717) is 18.9 Å². The Morgan fingerprint density at radius 1 is 1.28 bits per heavy atom. The van der Waals surface area contributed by atoms with Gasteiger partial charge < -0.3 is 16.0 Å². The monoisotopic (exact) mass is 252 g/mol. The van der Waals surface area contributed by atoms with Crippen molar-refractivity contribution in [3.63, 3.8) is 0 Å². The summed E-state index contributed by atoms with van der Waals surface area (Å²) in [5, 5.41) is 2.97. The zero-order valence-electron chi connectivity index (χ0n) is 11.0. The SMILES string of the molecule is NC(=NCC1CCCC(=O)N1)N1CCCCCC1. The Kier molecular flexibility index (Phi) is 4.84. The molecule has 0 bridgehead atoms. The third-order valence-electron chi connectivity index (χ3n) is 3.73. The van der Waals surface area contributed by atoms with E-state index in [1.54, 1.807) is 0 Å². The van der Waals surface area contributed by atoms with Gasteiger partial charge in [-0.15, -0.1) is 0 Å². The van der Waals surface area contributed by atoms with Crippen LogP contribution >= 0.6 is 0 Å². The average molecular weight is 252 g/mol. The van der Waals surface area contributed by atoms with E-state index in [1.807, 2.05) is 0 Å². The number of nitrogens with two attached hydrogens (primary N) is 1. The van der Waals surface area contributed by atoms with Gasteiger partial charge in [0.2, 0.25) is 5.91 Å². The standard InChI is InChI=1S/C13H24N4O/c14-13(17-8-3-1-2-4-9-17)15-10-11-6-5-7-12(18)16-11/h11H,1-10H2,(H2,14,15)(H,16,18). The number of likely N-dealkylation sites (tertiary alicyclic amines) is 1. The molecule has 1 atom stereocenters. The van der Waals surface area contributed by atoms with E-state index in [1.165, 1.54) is 25.7 Å². The molecule has 3 N–H and O–H groups in total. The molecule has 2 saturated heterocycles. The Morgan fingerprint density at radius 2 is 2.00 bits per heavy atom. The number of nitrogens with zero attached hydrogens (tertiary/aromatic N) is 2. The normalized spacial score (nSPS) is 26.7. The van der Waals surface area contributed by atoms with Crippen molar-refractivity contribution in [2.75, 3.05) is 19.6 Å². The summed E-state index contributed by atoms with van der Waals surface area (Å²) >= 11 is 0. The summed E-state index contributed by atoms with van der Waals surface area (Å²) in [4.78, 5) is 17.9. The Bertz CT molecular complexity index is 308. The summed E-state index contributed by atoms with van der Waals surface area (Å²) in [5.41, 5.74) is 6.03. The second-order valence-electron chi connectivity index (χ2n) is 5.26. The van der Waals surface area contributed by atoms with E-state index in [4.69, 9.17) is 5.73 Å². The first-order valence-corrected chi connectivity index (χ1v) is 7.10. The maximum Gasteiger partial charge on any atom is 0.220 e. The largest absolute Gasteiger partial charge is 0.370 e. The number of hydrogen-bond acceptors (Lipinski definition) is 2. The van der Waals surface area contributed by atoms with Crippen LogP contribution in [0.5, 0.6) is 0 Å². The van der Waals surface area contributed by atoms with Crippen molar-refractivity contribution in [2.24, 2.45) is 10.7 Å². The minimum atomic E-state index is 0.148. The molecule has 102 valence electrons. The number of piperidine rings is 1. The summed E-state index contributed by atoms with van der Waals surface area (Å²) in [6.07, 6.45) is 7.64. The van der Waals surface area contributed by atoms with Crippen molar-refractivity contribution in [1.82, 2.24) is 10.2 Å². The van der Waals surface area contributed by atoms with Crippen LogP contribution in [-0.4, -0.2) is 42.4 Å². The van der Waals surface area contributed by atoms with E-state index < -0.39 is 0 Å². The van der Waals surface area contributed by atoms with Gasteiger partial charge in [-0.05, 0) is 25.7 Å². The zero-order chi connectivity index (χ0) is 12.8. The number of nitrogens with one attached hydrogen (secondary N) is 1. The van der Waals surface area contributed by atoms with E-state index in [9.17, 15) is 4.79 Å². The van der Waals surface area contributed by atoms with Crippen LogP contribution in [0.15, 0.2) is 4.99 Å². The first-order chi connectivity index (χ1) is 8.75. The molecule has 18 heavy (non-hydrogen) atoms. The third kappa shape index (κ3) is 3.89. The number of amides is 1. The van der Waals surface area contributed by atoms with Gasteiger partial charge in [-0.2, -0.15) is 0 Å². The second kappa shape index (κ2) is 6.61. The highest BCUT2D eigenvalue weighted by molar-refractivity contribution is 5.78. The van der Waals surface area contributed by atoms with E-state index in [-0.39, 0.29) is 11.9 Å². The van der Waals surface area contributed by atoms with E-state index in [2.05, 4.69) is 15.2 Å². The quantitative estimate of drug-likeness (QED) is 0.565. The molecule has 0 aromatic carbocycles. The van der Waals surface area contributed by atoms with Crippen LogP contribution in [0.25, 0.3) is 0 Å². The lowest BCUT2D eigenvalue weighted by Gasteiger charge is -2.24. The maximum atomic E-state index is 11.3. The number of carbonyl (C=O) groups is 1. The summed E-state index contributed by atoms with van der Waals surface area (Å²) in [6.45, 7) is 2.66. The van der Waals surface area contributed by atoms with Crippen LogP contribution in [0.4, 0.5) is 0 Å². The lowest BCUT2D eigenvalue weighted by atomic mass is 10.0.